The molecule has 1 saturated carbocycles. The van der Waals surface area contributed by atoms with Gasteiger partial charge < -0.3 is 18.6 Å². The van der Waals surface area contributed by atoms with Crippen LogP contribution < -0.4 is 14.4 Å². The van der Waals surface area contributed by atoms with E-state index in [1.807, 2.05) is 12.1 Å². The van der Waals surface area contributed by atoms with Gasteiger partial charge in [0.25, 0.3) is 5.69 Å². The molecule has 0 bridgehead atoms. The summed E-state index contributed by atoms with van der Waals surface area (Å²) in [5, 5.41) is 11.6. The summed E-state index contributed by atoms with van der Waals surface area (Å²) in [5.74, 6) is 3.81. The van der Waals surface area contributed by atoms with Crippen LogP contribution in [0.25, 0.3) is 0 Å². The van der Waals surface area contributed by atoms with Gasteiger partial charge in [-0.3, -0.25) is 15.0 Å². The predicted molar refractivity (Wildman–Crippen MR) is 173 cm³/mol. The van der Waals surface area contributed by atoms with Crippen LogP contribution in [0.1, 0.15) is 51.2 Å². The molecule has 3 aromatic carbocycles. The van der Waals surface area contributed by atoms with Crippen LogP contribution in [0, 0.1) is 22.5 Å². The van der Waals surface area contributed by atoms with Gasteiger partial charge in [-0.25, -0.2) is 4.79 Å². The molecule has 6 rings (SSSR count). The zero-order valence-corrected chi connectivity index (χ0v) is 26.9. The number of rotatable bonds is 10. The second-order valence-electron chi connectivity index (χ2n) is 11.9. The first kappa shape index (κ1) is 30.8. The van der Waals surface area contributed by atoms with Gasteiger partial charge in [-0.15, -0.1) is 6.42 Å². The summed E-state index contributed by atoms with van der Waals surface area (Å²) in [5.41, 5.74) is 0.0778. The van der Waals surface area contributed by atoms with E-state index in [4.69, 9.17) is 25.1 Å². The normalized spacial score (nSPS) is 24.8. The fourth-order valence-corrected chi connectivity index (χ4v) is 10.3. The molecule has 9 nitrogen and oxygen atoms in total. The number of nitro groups is 1. The Morgan fingerprint density at radius 2 is 1.78 bits per heavy atom. The minimum atomic E-state index is -2.07. The molecule has 2 heterocycles. The Balaban J connectivity index is 1.44. The molecule has 0 spiro atoms. The van der Waals surface area contributed by atoms with Crippen molar-refractivity contribution < 1.29 is 28.4 Å². The highest BCUT2D eigenvalue weighted by Gasteiger charge is 2.82. The van der Waals surface area contributed by atoms with Gasteiger partial charge in [-0.05, 0) is 73.8 Å². The number of nitrogens with zero attached hydrogens (tertiary/aromatic N) is 2. The van der Waals surface area contributed by atoms with Gasteiger partial charge in [0, 0.05) is 11.6 Å². The first-order valence-corrected chi connectivity index (χ1v) is 18.2. The monoisotopic (exact) mass is 626 g/mol. The van der Waals surface area contributed by atoms with Crippen LogP contribution in [-0.2, 0) is 21.4 Å². The Morgan fingerprint density at radius 1 is 1.07 bits per heavy atom. The number of ether oxygens (including phenoxy) is 3. The maximum absolute atomic E-state index is 13.9. The van der Waals surface area contributed by atoms with E-state index in [-0.39, 0.29) is 18.4 Å². The number of nitro benzene ring substituents is 1. The summed E-state index contributed by atoms with van der Waals surface area (Å²) in [6.45, 7) is 6.61. The summed E-state index contributed by atoms with van der Waals surface area (Å²) in [6, 6.07) is 23.1. The maximum atomic E-state index is 13.9. The molecule has 234 valence electrons. The topological polar surface area (TPSA) is 104 Å². The predicted octanol–water partition coefficient (Wildman–Crippen LogP) is 7.73. The lowest BCUT2D eigenvalue weighted by Crippen LogP contribution is -2.60. The first-order chi connectivity index (χ1) is 21.8. The largest absolute Gasteiger partial charge is 0.489 e. The molecule has 45 heavy (non-hydrogen) atoms. The first-order valence-electron chi connectivity index (χ1n) is 15.7. The molecule has 2 aliphatic heterocycles. The number of anilines is 1. The summed E-state index contributed by atoms with van der Waals surface area (Å²) >= 11 is 0. The molecule has 0 aromatic heterocycles. The number of terminal acetylenes is 1. The zero-order chi connectivity index (χ0) is 31.8. The fraction of sp³-hybridized carbons (Fsp3) is 0.400. The van der Waals surface area contributed by atoms with Crippen LogP contribution in [0.5, 0.6) is 11.5 Å². The van der Waals surface area contributed by atoms with Gasteiger partial charge in [0.2, 0.25) is 0 Å². The van der Waals surface area contributed by atoms with E-state index in [1.54, 1.807) is 54.6 Å². The molecule has 3 aliphatic rings. The van der Waals surface area contributed by atoms with Crippen LogP contribution in [-0.4, -0.2) is 37.1 Å². The third-order valence-corrected chi connectivity index (χ3v) is 14.6. The molecular formula is C35H38N2O7Si. The molecular weight excluding hydrogens is 588 g/mol. The molecule has 0 N–H and O–H groups in total. The molecule has 3 aromatic rings. The summed E-state index contributed by atoms with van der Waals surface area (Å²) in [4.78, 5) is 26.6. The third kappa shape index (κ3) is 4.99. The highest BCUT2D eigenvalue weighted by molar-refractivity contribution is 6.73. The number of hydrogen-bond donors (Lipinski definition) is 0. The van der Waals surface area contributed by atoms with E-state index in [1.165, 1.54) is 11.0 Å². The zero-order valence-electron chi connectivity index (χ0n) is 25.9. The number of hydrogen-bond acceptors (Lipinski definition) is 7. The molecule has 2 fully saturated rings. The average Bonchev–Trinajstić information content (AvgIpc) is 3.79. The van der Waals surface area contributed by atoms with Crippen molar-refractivity contribution in [1.82, 2.24) is 0 Å². The van der Waals surface area contributed by atoms with Crippen molar-refractivity contribution in [2.75, 3.05) is 4.90 Å². The Bertz CT molecular complexity index is 1630. The van der Waals surface area contributed by atoms with Gasteiger partial charge >= 0.3 is 6.09 Å². The fourth-order valence-electron chi connectivity index (χ4n) is 7.37. The highest BCUT2D eigenvalue weighted by Crippen LogP contribution is 2.71. The Labute approximate surface area is 264 Å². The average molecular weight is 627 g/mol. The molecule has 0 radical (unpaired) electrons. The van der Waals surface area contributed by atoms with Crippen LogP contribution in [0.2, 0.25) is 18.1 Å². The van der Waals surface area contributed by atoms with Gasteiger partial charge in [-0.1, -0.05) is 57.0 Å². The molecule has 10 heteroatoms. The number of carbonyl (C=O) groups excluding carboxylic acids is 1. The second-order valence-corrected chi connectivity index (χ2v) is 16.7. The number of para-hydroxylation sites is 2. The van der Waals surface area contributed by atoms with Crippen molar-refractivity contribution in [1.29, 1.82) is 0 Å². The lowest BCUT2D eigenvalue weighted by Gasteiger charge is -2.46. The van der Waals surface area contributed by atoms with E-state index in [0.717, 1.165) is 36.5 Å². The van der Waals surface area contributed by atoms with Crippen molar-refractivity contribution in [3.05, 3.63) is 94.0 Å². The Morgan fingerprint density at radius 3 is 2.47 bits per heavy atom. The van der Waals surface area contributed by atoms with E-state index in [2.05, 4.69) is 26.7 Å². The Kier molecular flexibility index (Phi) is 8.20. The Hall–Kier alpha value is -4.17. The number of epoxide rings is 1. The highest BCUT2D eigenvalue weighted by atomic mass is 28.4. The van der Waals surface area contributed by atoms with Crippen LogP contribution in [0.4, 0.5) is 16.2 Å². The number of amides is 1. The van der Waals surface area contributed by atoms with Crippen molar-refractivity contribution in [2.24, 2.45) is 0 Å². The second kappa shape index (κ2) is 12.0. The minimum Gasteiger partial charge on any atom is -0.489 e. The van der Waals surface area contributed by atoms with E-state index >= 15 is 0 Å². The van der Waals surface area contributed by atoms with E-state index < -0.39 is 36.6 Å². The quantitative estimate of drug-likeness (QED) is 0.0746. The number of benzene rings is 3. The van der Waals surface area contributed by atoms with E-state index in [0.29, 0.717) is 29.2 Å². The summed E-state index contributed by atoms with van der Waals surface area (Å²) in [6.07, 6.45) is 7.71. The van der Waals surface area contributed by atoms with Crippen LogP contribution in [0.3, 0.4) is 0 Å². The van der Waals surface area contributed by atoms with Crippen molar-refractivity contribution >= 4 is 25.8 Å². The van der Waals surface area contributed by atoms with Gasteiger partial charge in [0.05, 0.1) is 22.3 Å². The minimum absolute atomic E-state index is 0.000852. The third-order valence-electron chi connectivity index (χ3n) is 9.94. The molecule has 4 unspecified atom stereocenters. The van der Waals surface area contributed by atoms with Gasteiger partial charge in [-0.2, -0.15) is 0 Å². The number of carbonyl (C=O) groups is 1. The SMILES string of the molecule is C#CC1N(C(=O)Oc2ccccc2)c2ccc(OCc3ccccc3[N+](=O)[O-])cc2C23OC12CCCC3O[Si](CC)(CC)CC. The maximum Gasteiger partial charge on any atom is 0.420 e. The summed E-state index contributed by atoms with van der Waals surface area (Å²) < 4.78 is 26.1. The lowest BCUT2D eigenvalue weighted by atomic mass is 9.67. The van der Waals surface area contributed by atoms with E-state index in [9.17, 15) is 14.9 Å². The van der Waals surface area contributed by atoms with Crippen LogP contribution in [0.15, 0.2) is 72.8 Å². The number of fused-ring (bicyclic) bond motifs is 1. The van der Waals surface area contributed by atoms with Gasteiger partial charge in [0.15, 0.2) is 13.9 Å². The molecule has 1 aliphatic carbocycles. The smallest absolute Gasteiger partial charge is 0.420 e. The molecule has 1 saturated heterocycles. The lowest BCUT2D eigenvalue weighted by molar-refractivity contribution is -0.385. The van der Waals surface area contributed by atoms with Crippen molar-refractivity contribution in [2.45, 2.75) is 88.1 Å². The van der Waals surface area contributed by atoms with Crippen molar-refractivity contribution in [3.8, 4) is 23.8 Å². The van der Waals surface area contributed by atoms with Crippen LogP contribution >= 0.6 is 0 Å². The molecule has 1 amide bonds. The van der Waals surface area contributed by atoms with Crippen molar-refractivity contribution in [3.63, 3.8) is 0 Å². The standard InChI is InChI=1S/C35H38N2O7Si/c1-5-31-34-22-14-19-32(43-45(6-2,7-3)8-4)35(34,44-34)28-23-27(41-24-25-15-12-13-18-29(25)37(39)40)20-21-30(28)36(31)33(38)42-26-16-10-9-11-17-26/h1,9-13,15-18,20-21,23,31-32H,6-8,14,19,22,24H2,2-4H3. The van der Waals surface area contributed by atoms with Gasteiger partial charge in [0.1, 0.15) is 29.7 Å². The summed E-state index contributed by atoms with van der Waals surface area (Å²) in [7, 11) is -2.07. The molecule has 4 atom stereocenters.